The fourth-order valence-corrected chi connectivity index (χ4v) is 2.76. The zero-order valence-corrected chi connectivity index (χ0v) is 11.9. The minimum absolute atomic E-state index is 0.497. The van der Waals surface area contributed by atoms with Crippen molar-refractivity contribution < 1.29 is 5.11 Å². The van der Waals surface area contributed by atoms with Crippen LogP contribution in [0.3, 0.4) is 0 Å². The first-order valence-electron chi connectivity index (χ1n) is 5.53. The Labute approximate surface area is 120 Å². The van der Waals surface area contributed by atoms with E-state index in [1.807, 2.05) is 24.3 Å². The maximum Gasteiger partial charge on any atom is 0.0931 e. The van der Waals surface area contributed by atoms with Crippen LogP contribution in [0.2, 0.25) is 9.36 Å². The van der Waals surface area contributed by atoms with Crippen molar-refractivity contribution >= 4 is 34.5 Å². The molecule has 18 heavy (non-hydrogen) atoms. The van der Waals surface area contributed by atoms with Crippen LogP contribution in [0.25, 0.3) is 0 Å². The second kappa shape index (κ2) is 6.55. The van der Waals surface area contributed by atoms with Gasteiger partial charge in [-0.15, -0.1) is 11.3 Å². The van der Waals surface area contributed by atoms with Gasteiger partial charge < -0.3 is 10.4 Å². The lowest BCUT2D eigenvalue weighted by Gasteiger charge is -2.11. The monoisotopic (exact) mass is 301 g/mol. The summed E-state index contributed by atoms with van der Waals surface area (Å²) < 4.78 is 0.782. The van der Waals surface area contributed by atoms with E-state index in [0.29, 0.717) is 18.1 Å². The van der Waals surface area contributed by atoms with Crippen molar-refractivity contribution in [1.82, 2.24) is 5.32 Å². The van der Waals surface area contributed by atoms with Crippen molar-refractivity contribution in [2.24, 2.45) is 0 Å². The second-order valence-corrected chi connectivity index (χ2v) is 6.14. The van der Waals surface area contributed by atoms with Crippen molar-refractivity contribution in [2.75, 3.05) is 6.54 Å². The normalized spacial score (nSPS) is 12.6. The van der Waals surface area contributed by atoms with Crippen LogP contribution in [0.15, 0.2) is 36.4 Å². The van der Waals surface area contributed by atoms with Crippen molar-refractivity contribution in [3.8, 4) is 0 Å². The van der Waals surface area contributed by atoms with Crippen LogP contribution >= 0.6 is 34.5 Å². The fraction of sp³-hybridized carbons (Fsp3) is 0.231. The molecule has 0 bridgehead atoms. The molecule has 2 nitrogen and oxygen atoms in total. The summed E-state index contributed by atoms with van der Waals surface area (Å²) in [5.74, 6) is 0. The Kier molecular flexibility index (Phi) is 5.03. The predicted octanol–water partition coefficient (Wildman–Crippen LogP) is 3.88. The molecule has 0 aliphatic carbocycles. The molecule has 2 aromatic rings. The molecule has 1 aromatic heterocycles. The van der Waals surface area contributed by atoms with Crippen LogP contribution in [0.4, 0.5) is 0 Å². The molecule has 0 spiro atoms. The summed E-state index contributed by atoms with van der Waals surface area (Å²) in [6.45, 7) is 1.21. The van der Waals surface area contributed by atoms with E-state index in [-0.39, 0.29) is 0 Å². The molecular formula is C13H13Cl2NOS. The molecule has 5 heteroatoms. The summed E-state index contributed by atoms with van der Waals surface area (Å²) in [5.41, 5.74) is 0.858. The highest BCUT2D eigenvalue weighted by Gasteiger charge is 2.07. The van der Waals surface area contributed by atoms with E-state index in [4.69, 9.17) is 23.2 Å². The third-order valence-corrected chi connectivity index (χ3v) is 4.00. The fourth-order valence-electron chi connectivity index (χ4n) is 1.58. The van der Waals surface area contributed by atoms with E-state index in [9.17, 15) is 5.11 Å². The Morgan fingerprint density at radius 1 is 1.11 bits per heavy atom. The van der Waals surface area contributed by atoms with Crippen LogP contribution in [0.5, 0.6) is 0 Å². The third-order valence-electron chi connectivity index (χ3n) is 2.52. The Bertz CT molecular complexity index is 498. The quantitative estimate of drug-likeness (QED) is 0.878. The zero-order valence-electron chi connectivity index (χ0n) is 9.57. The lowest BCUT2D eigenvalue weighted by atomic mass is 10.1. The van der Waals surface area contributed by atoms with Gasteiger partial charge in [-0.2, -0.15) is 0 Å². The molecule has 0 aliphatic rings. The van der Waals surface area contributed by atoms with E-state index >= 15 is 0 Å². The molecule has 0 radical (unpaired) electrons. The molecule has 1 atom stereocenters. The van der Waals surface area contributed by atoms with E-state index < -0.39 is 6.10 Å². The van der Waals surface area contributed by atoms with Gasteiger partial charge in [-0.25, -0.2) is 0 Å². The van der Waals surface area contributed by atoms with E-state index in [1.54, 1.807) is 23.5 Å². The topological polar surface area (TPSA) is 32.3 Å². The highest BCUT2D eigenvalue weighted by atomic mass is 35.5. The van der Waals surface area contributed by atoms with E-state index in [2.05, 4.69) is 5.32 Å². The number of halogens is 2. The van der Waals surface area contributed by atoms with Gasteiger partial charge in [0, 0.05) is 23.0 Å². The van der Waals surface area contributed by atoms with Gasteiger partial charge in [0.2, 0.25) is 0 Å². The Hall–Kier alpha value is -0.580. The predicted molar refractivity (Wildman–Crippen MR) is 77.4 cm³/mol. The van der Waals surface area contributed by atoms with Crippen molar-refractivity contribution in [3.63, 3.8) is 0 Å². The average Bonchev–Trinajstić information content (AvgIpc) is 2.76. The smallest absolute Gasteiger partial charge is 0.0931 e. The number of hydrogen-bond acceptors (Lipinski definition) is 3. The van der Waals surface area contributed by atoms with Crippen molar-refractivity contribution in [1.29, 1.82) is 0 Å². The summed E-state index contributed by atoms with van der Waals surface area (Å²) in [4.78, 5) is 1.16. The Morgan fingerprint density at radius 3 is 2.44 bits per heavy atom. The standard InChI is InChI=1S/C13H13Cl2NOS/c14-10-3-1-9(2-4-10)12(17)8-16-7-11-5-6-13(15)18-11/h1-6,12,16-17H,7-8H2. The Balaban J connectivity index is 1.81. The molecular weight excluding hydrogens is 289 g/mol. The highest BCUT2D eigenvalue weighted by Crippen LogP contribution is 2.21. The van der Waals surface area contributed by atoms with Gasteiger partial charge in [0.05, 0.1) is 10.4 Å². The number of benzene rings is 1. The highest BCUT2D eigenvalue weighted by molar-refractivity contribution is 7.16. The van der Waals surface area contributed by atoms with E-state index in [1.165, 1.54) is 0 Å². The van der Waals surface area contributed by atoms with Crippen molar-refractivity contribution in [3.05, 3.63) is 56.2 Å². The van der Waals surface area contributed by atoms with E-state index in [0.717, 1.165) is 14.8 Å². The first-order valence-corrected chi connectivity index (χ1v) is 7.11. The molecule has 2 N–H and O–H groups in total. The summed E-state index contributed by atoms with van der Waals surface area (Å²) >= 11 is 13.2. The minimum atomic E-state index is -0.530. The van der Waals surface area contributed by atoms with Crippen molar-refractivity contribution in [2.45, 2.75) is 12.6 Å². The van der Waals surface area contributed by atoms with Crippen LogP contribution < -0.4 is 5.32 Å². The number of hydrogen-bond donors (Lipinski definition) is 2. The van der Waals surface area contributed by atoms with Crippen LogP contribution in [-0.2, 0) is 6.54 Å². The molecule has 0 saturated carbocycles. The van der Waals surface area contributed by atoms with Gasteiger partial charge in [-0.3, -0.25) is 0 Å². The molecule has 2 rings (SSSR count). The molecule has 0 aliphatic heterocycles. The number of thiophene rings is 1. The summed E-state index contributed by atoms with van der Waals surface area (Å²) in [7, 11) is 0. The number of rotatable bonds is 5. The summed E-state index contributed by atoms with van der Waals surface area (Å²) in [5, 5.41) is 13.8. The first-order chi connectivity index (χ1) is 8.65. The summed E-state index contributed by atoms with van der Waals surface area (Å²) in [6.07, 6.45) is -0.530. The zero-order chi connectivity index (χ0) is 13.0. The first kappa shape index (κ1) is 13.8. The number of aliphatic hydroxyl groups is 1. The molecule has 0 fully saturated rings. The molecule has 96 valence electrons. The largest absolute Gasteiger partial charge is 0.387 e. The van der Waals surface area contributed by atoms with Gasteiger partial charge in [0.1, 0.15) is 0 Å². The van der Waals surface area contributed by atoms with Crippen LogP contribution in [0.1, 0.15) is 16.5 Å². The lowest BCUT2D eigenvalue weighted by molar-refractivity contribution is 0.174. The molecule has 1 unspecified atom stereocenters. The molecule has 0 saturated heterocycles. The number of nitrogens with one attached hydrogen (secondary N) is 1. The molecule has 1 aromatic carbocycles. The second-order valence-electron chi connectivity index (χ2n) is 3.90. The van der Waals surface area contributed by atoms with Gasteiger partial charge in [0.15, 0.2) is 0 Å². The van der Waals surface area contributed by atoms with Crippen LogP contribution in [0, 0.1) is 0 Å². The lowest BCUT2D eigenvalue weighted by Crippen LogP contribution is -2.20. The molecule has 1 heterocycles. The van der Waals surface area contributed by atoms with Crippen LogP contribution in [-0.4, -0.2) is 11.7 Å². The Morgan fingerprint density at radius 2 is 1.83 bits per heavy atom. The minimum Gasteiger partial charge on any atom is -0.387 e. The third kappa shape index (κ3) is 3.97. The maximum atomic E-state index is 9.97. The maximum absolute atomic E-state index is 9.97. The van der Waals surface area contributed by atoms with Gasteiger partial charge >= 0.3 is 0 Å². The van der Waals surface area contributed by atoms with Gasteiger partial charge in [-0.05, 0) is 29.8 Å². The van der Waals surface area contributed by atoms with Gasteiger partial charge in [0.25, 0.3) is 0 Å². The average molecular weight is 302 g/mol. The SMILES string of the molecule is OC(CNCc1ccc(Cl)s1)c1ccc(Cl)cc1. The molecule has 0 amide bonds. The summed E-state index contributed by atoms with van der Waals surface area (Å²) in [6, 6.07) is 11.1. The number of aliphatic hydroxyl groups excluding tert-OH is 1. The van der Waals surface area contributed by atoms with Gasteiger partial charge in [-0.1, -0.05) is 35.3 Å².